The molecule has 6 heteroatoms. The van der Waals surface area contributed by atoms with Crippen LogP contribution in [0.15, 0.2) is 30.3 Å². The second kappa shape index (κ2) is 4.79. The van der Waals surface area contributed by atoms with E-state index in [0.717, 1.165) is 0 Å². The molecule has 0 unspecified atom stereocenters. The average molecular weight is 246 g/mol. The number of non-ortho nitro benzene ring substituents is 1. The zero-order valence-electron chi connectivity index (χ0n) is 9.62. The van der Waals surface area contributed by atoms with Crippen LogP contribution in [-0.4, -0.2) is 15.9 Å². The molecule has 0 fully saturated rings. The first kappa shape index (κ1) is 12.0. The summed E-state index contributed by atoms with van der Waals surface area (Å²) in [5, 5.41) is 11.3. The molecule has 0 saturated heterocycles. The molecule has 0 aliphatic heterocycles. The van der Waals surface area contributed by atoms with Gasteiger partial charge in [0.2, 0.25) is 0 Å². The Bertz CT molecular complexity index is 625. The van der Waals surface area contributed by atoms with Gasteiger partial charge in [0.1, 0.15) is 6.61 Å². The maximum absolute atomic E-state index is 10.7. The Morgan fingerprint density at radius 2 is 2.17 bits per heavy atom. The minimum atomic E-state index is -0.452. The summed E-state index contributed by atoms with van der Waals surface area (Å²) in [7, 11) is 0. The number of aromatic nitrogens is 1. The number of carbonyl (C=O) groups excluding carboxylic acids is 1. The van der Waals surface area contributed by atoms with Crippen molar-refractivity contribution in [2.45, 2.75) is 13.5 Å². The van der Waals surface area contributed by atoms with Crippen LogP contribution >= 0.6 is 0 Å². The zero-order valence-corrected chi connectivity index (χ0v) is 9.62. The van der Waals surface area contributed by atoms with E-state index in [-0.39, 0.29) is 18.3 Å². The summed E-state index contributed by atoms with van der Waals surface area (Å²) >= 11 is 0. The topological polar surface area (TPSA) is 82.3 Å². The van der Waals surface area contributed by atoms with Crippen molar-refractivity contribution in [1.82, 2.24) is 4.98 Å². The molecule has 0 saturated carbocycles. The normalized spacial score (nSPS) is 10.3. The molecular formula is C12H10N2O4. The molecule has 2 rings (SSSR count). The highest BCUT2D eigenvalue weighted by atomic mass is 16.6. The van der Waals surface area contributed by atoms with Crippen LogP contribution in [0.3, 0.4) is 0 Å². The smallest absolute Gasteiger partial charge is 0.303 e. The van der Waals surface area contributed by atoms with Crippen LogP contribution in [0, 0.1) is 10.1 Å². The van der Waals surface area contributed by atoms with E-state index in [9.17, 15) is 14.9 Å². The third-order valence-corrected chi connectivity index (χ3v) is 2.36. The lowest BCUT2D eigenvalue weighted by atomic mass is 10.2. The molecule has 0 spiro atoms. The molecule has 0 radical (unpaired) electrons. The Morgan fingerprint density at radius 1 is 1.39 bits per heavy atom. The van der Waals surface area contributed by atoms with Crippen LogP contribution in [0.5, 0.6) is 0 Å². The highest BCUT2D eigenvalue weighted by Gasteiger charge is 2.07. The number of nitro groups is 1. The van der Waals surface area contributed by atoms with Gasteiger partial charge in [0.15, 0.2) is 0 Å². The molecule has 92 valence electrons. The van der Waals surface area contributed by atoms with E-state index in [0.29, 0.717) is 16.6 Å². The number of fused-ring (bicyclic) bond motifs is 1. The molecule has 6 nitrogen and oxygen atoms in total. The molecular weight excluding hydrogens is 236 g/mol. The number of nitrogens with zero attached hydrogens (tertiary/aromatic N) is 2. The molecule has 2 aromatic rings. The van der Waals surface area contributed by atoms with Gasteiger partial charge >= 0.3 is 5.97 Å². The van der Waals surface area contributed by atoms with Gasteiger partial charge in [0.05, 0.1) is 16.1 Å². The predicted octanol–water partition coefficient (Wildman–Crippen LogP) is 2.21. The number of carbonyl (C=O) groups is 1. The SMILES string of the molecule is CC(=O)OCc1ccc2cc([N+](=O)[O-])ccc2n1. The number of pyridine rings is 1. The van der Waals surface area contributed by atoms with Crippen LogP contribution < -0.4 is 0 Å². The van der Waals surface area contributed by atoms with E-state index in [1.54, 1.807) is 18.2 Å². The molecule has 0 atom stereocenters. The van der Waals surface area contributed by atoms with E-state index in [1.807, 2.05) is 0 Å². The number of esters is 1. The summed E-state index contributed by atoms with van der Waals surface area (Å²) in [4.78, 5) is 25.1. The fourth-order valence-corrected chi connectivity index (χ4v) is 1.52. The number of ether oxygens (including phenoxy) is 1. The number of hydrogen-bond acceptors (Lipinski definition) is 5. The lowest BCUT2D eigenvalue weighted by Gasteiger charge is -2.03. The summed E-state index contributed by atoms with van der Waals surface area (Å²) in [5.74, 6) is -0.374. The number of hydrogen-bond donors (Lipinski definition) is 0. The minimum Gasteiger partial charge on any atom is -0.459 e. The van der Waals surface area contributed by atoms with Gasteiger partial charge in [-0.25, -0.2) is 4.98 Å². The van der Waals surface area contributed by atoms with E-state index >= 15 is 0 Å². The van der Waals surface area contributed by atoms with Crippen molar-refractivity contribution < 1.29 is 14.5 Å². The molecule has 0 aliphatic rings. The van der Waals surface area contributed by atoms with Gasteiger partial charge in [-0.2, -0.15) is 0 Å². The van der Waals surface area contributed by atoms with Crippen molar-refractivity contribution >= 4 is 22.6 Å². The van der Waals surface area contributed by atoms with Gasteiger partial charge in [-0.15, -0.1) is 0 Å². The summed E-state index contributed by atoms with van der Waals surface area (Å²) < 4.78 is 4.83. The zero-order chi connectivity index (χ0) is 13.1. The quantitative estimate of drug-likeness (QED) is 0.471. The van der Waals surface area contributed by atoms with Crippen LogP contribution in [0.2, 0.25) is 0 Å². The van der Waals surface area contributed by atoms with Crippen molar-refractivity contribution in [3.63, 3.8) is 0 Å². The average Bonchev–Trinajstić information content (AvgIpc) is 2.35. The van der Waals surface area contributed by atoms with Crippen LogP contribution in [-0.2, 0) is 16.1 Å². The highest BCUT2D eigenvalue weighted by Crippen LogP contribution is 2.19. The lowest BCUT2D eigenvalue weighted by molar-refractivity contribution is -0.384. The van der Waals surface area contributed by atoms with Crippen LogP contribution in [0.25, 0.3) is 10.9 Å². The fourth-order valence-electron chi connectivity index (χ4n) is 1.52. The molecule has 1 aromatic carbocycles. The minimum absolute atomic E-state index is 0.0250. The second-order valence-corrected chi connectivity index (χ2v) is 3.72. The van der Waals surface area contributed by atoms with Crippen molar-refractivity contribution in [2.75, 3.05) is 0 Å². The molecule has 18 heavy (non-hydrogen) atoms. The van der Waals surface area contributed by atoms with Crippen LogP contribution in [0.1, 0.15) is 12.6 Å². The van der Waals surface area contributed by atoms with E-state index in [4.69, 9.17) is 4.74 Å². The number of benzene rings is 1. The third-order valence-electron chi connectivity index (χ3n) is 2.36. The lowest BCUT2D eigenvalue weighted by Crippen LogP contribution is -2.00. The first-order chi connectivity index (χ1) is 8.56. The maximum atomic E-state index is 10.7. The summed E-state index contributed by atoms with van der Waals surface area (Å²) in [6, 6.07) is 7.82. The van der Waals surface area contributed by atoms with Gasteiger partial charge in [-0.3, -0.25) is 14.9 Å². The Hall–Kier alpha value is -2.50. The number of nitro benzene ring substituents is 1. The summed E-state index contributed by atoms with van der Waals surface area (Å²) in [6.45, 7) is 1.42. The standard InChI is InChI=1S/C12H10N2O4/c1-8(15)18-7-10-3-2-9-6-11(14(16)17)4-5-12(9)13-10/h2-6H,7H2,1H3. The van der Waals surface area contributed by atoms with Crippen molar-refractivity contribution in [1.29, 1.82) is 0 Å². The first-order valence-corrected chi connectivity index (χ1v) is 5.24. The molecule has 0 bridgehead atoms. The third kappa shape index (κ3) is 2.60. The maximum Gasteiger partial charge on any atom is 0.303 e. The fraction of sp³-hybridized carbons (Fsp3) is 0.167. The van der Waals surface area contributed by atoms with Gasteiger partial charge in [0, 0.05) is 24.4 Å². The Balaban J connectivity index is 2.32. The van der Waals surface area contributed by atoms with Gasteiger partial charge < -0.3 is 4.74 Å². The highest BCUT2D eigenvalue weighted by molar-refractivity contribution is 5.81. The number of rotatable bonds is 3. The van der Waals surface area contributed by atoms with Crippen LogP contribution in [0.4, 0.5) is 5.69 Å². The Labute approximate surface area is 102 Å². The van der Waals surface area contributed by atoms with E-state index in [2.05, 4.69) is 4.98 Å². The molecule has 0 N–H and O–H groups in total. The molecule has 1 aromatic heterocycles. The van der Waals surface area contributed by atoms with Crippen molar-refractivity contribution in [3.8, 4) is 0 Å². The summed E-state index contributed by atoms with van der Waals surface area (Å²) in [5.41, 5.74) is 1.26. The Kier molecular flexibility index (Phi) is 3.18. The molecule has 0 aliphatic carbocycles. The second-order valence-electron chi connectivity index (χ2n) is 3.72. The van der Waals surface area contributed by atoms with Gasteiger partial charge in [-0.1, -0.05) is 6.07 Å². The molecule has 0 amide bonds. The monoisotopic (exact) mass is 246 g/mol. The van der Waals surface area contributed by atoms with Gasteiger partial charge in [0.25, 0.3) is 5.69 Å². The van der Waals surface area contributed by atoms with Crippen molar-refractivity contribution in [3.05, 3.63) is 46.1 Å². The molecule has 1 heterocycles. The van der Waals surface area contributed by atoms with Gasteiger partial charge in [-0.05, 0) is 12.1 Å². The van der Waals surface area contributed by atoms with E-state index < -0.39 is 4.92 Å². The Morgan fingerprint density at radius 3 is 2.83 bits per heavy atom. The predicted molar refractivity (Wildman–Crippen MR) is 63.9 cm³/mol. The largest absolute Gasteiger partial charge is 0.459 e. The summed E-state index contributed by atoms with van der Waals surface area (Å²) in [6.07, 6.45) is 0. The first-order valence-electron chi connectivity index (χ1n) is 5.24. The van der Waals surface area contributed by atoms with E-state index in [1.165, 1.54) is 19.1 Å². The van der Waals surface area contributed by atoms with Crippen molar-refractivity contribution in [2.24, 2.45) is 0 Å².